The quantitative estimate of drug-likeness (QED) is 0.814. The number of nitrogens with two attached hydrogens (primary N) is 1. The Morgan fingerprint density at radius 3 is 2.54 bits per heavy atom. The van der Waals surface area contributed by atoms with Gasteiger partial charge >= 0.3 is 5.97 Å². The van der Waals surface area contributed by atoms with Crippen molar-refractivity contribution in [2.75, 3.05) is 20.2 Å². The summed E-state index contributed by atoms with van der Waals surface area (Å²) in [5, 5.41) is 0. The summed E-state index contributed by atoms with van der Waals surface area (Å²) < 4.78 is 31.9. The third-order valence-corrected chi connectivity index (χ3v) is 6.37. The molecule has 2 rings (SSSR count). The third-order valence-electron chi connectivity index (χ3n) is 4.53. The summed E-state index contributed by atoms with van der Waals surface area (Å²) in [7, 11) is -2.39. The monoisotopic (exact) mass is 376 g/mol. The fourth-order valence-electron chi connectivity index (χ4n) is 2.77. The highest BCUT2D eigenvalue weighted by Crippen LogP contribution is 2.31. The molecule has 0 aromatic heterocycles. The highest BCUT2D eigenvalue weighted by atomic mass is 35.5. The summed E-state index contributed by atoms with van der Waals surface area (Å²) in [6, 6.07) is 4.51. The van der Waals surface area contributed by atoms with E-state index in [4.69, 9.17) is 10.5 Å². The number of rotatable bonds is 3. The number of methoxy groups -OCH3 is 1. The van der Waals surface area contributed by atoms with Crippen molar-refractivity contribution in [3.63, 3.8) is 0 Å². The first kappa shape index (κ1) is 20.9. The molecule has 0 aliphatic carbocycles. The molecule has 1 aromatic carbocycles. The van der Waals surface area contributed by atoms with Gasteiger partial charge in [-0.25, -0.2) is 13.2 Å². The Morgan fingerprint density at radius 1 is 1.38 bits per heavy atom. The molecule has 1 aliphatic rings. The Kier molecular flexibility index (Phi) is 6.43. The average Bonchev–Trinajstić information content (AvgIpc) is 2.49. The Labute approximate surface area is 149 Å². The van der Waals surface area contributed by atoms with Crippen LogP contribution in [0.4, 0.5) is 0 Å². The molecule has 136 valence electrons. The van der Waals surface area contributed by atoms with Gasteiger partial charge in [-0.3, -0.25) is 0 Å². The van der Waals surface area contributed by atoms with Crippen LogP contribution in [0.3, 0.4) is 0 Å². The third kappa shape index (κ3) is 3.91. The SMILES string of the molecule is COC(=O)c1cc(S(=O)(=O)N2CCC(N)C(C)(C)C2)ccc1C.Cl. The number of halogens is 1. The largest absolute Gasteiger partial charge is 0.465 e. The van der Waals surface area contributed by atoms with Gasteiger partial charge in [0.15, 0.2) is 0 Å². The number of piperidine rings is 1. The van der Waals surface area contributed by atoms with Gasteiger partial charge in [-0.2, -0.15) is 4.31 Å². The normalized spacial score (nSPS) is 21.0. The number of esters is 1. The highest BCUT2D eigenvalue weighted by molar-refractivity contribution is 7.89. The number of sulfonamides is 1. The summed E-state index contributed by atoms with van der Waals surface area (Å²) in [5.74, 6) is -0.541. The maximum absolute atomic E-state index is 12.9. The van der Waals surface area contributed by atoms with Gasteiger partial charge in [0.05, 0.1) is 17.6 Å². The Hall–Kier alpha value is -1.15. The number of carbonyl (C=O) groups excluding carboxylic acids is 1. The van der Waals surface area contributed by atoms with Gasteiger partial charge in [-0.15, -0.1) is 12.4 Å². The smallest absolute Gasteiger partial charge is 0.338 e. The van der Waals surface area contributed by atoms with E-state index in [1.807, 2.05) is 13.8 Å². The maximum Gasteiger partial charge on any atom is 0.338 e. The van der Waals surface area contributed by atoms with Crippen molar-refractivity contribution in [1.82, 2.24) is 4.31 Å². The van der Waals surface area contributed by atoms with Crippen LogP contribution in [-0.2, 0) is 14.8 Å². The van der Waals surface area contributed by atoms with Crippen LogP contribution in [0.1, 0.15) is 36.2 Å². The molecule has 1 atom stereocenters. The second-order valence-corrected chi connectivity index (χ2v) is 8.63. The predicted molar refractivity (Wildman–Crippen MR) is 94.9 cm³/mol. The van der Waals surface area contributed by atoms with Crippen LogP contribution in [-0.4, -0.2) is 44.9 Å². The van der Waals surface area contributed by atoms with Crippen LogP contribution in [0.25, 0.3) is 0 Å². The van der Waals surface area contributed by atoms with Gasteiger partial charge in [-0.1, -0.05) is 19.9 Å². The van der Waals surface area contributed by atoms with Crippen LogP contribution < -0.4 is 5.73 Å². The molecule has 24 heavy (non-hydrogen) atoms. The molecule has 8 heteroatoms. The molecule has 1 unspecified atom stereocenters. The molecular formula is C16H25ClN2O4S. The molecule has 0 amide bonds. The molecule has 1 aromatic rings. The van der Waals surface area contributed by atoms with Crippen molar-refractivity contribution in [3.05, 3.63) is 29.3 Å². The second-order valence-electron chi connectivity index (χ2n) is 6.69. The zero-order chi connectivity index (χ0) is 17.4. The van der Waals surface area contributed by atoms with Gasteiger partial charge in [0.2, 0.25) is 10.0 Å². The van der Waals surface area contributed by atoms with E-state index in [9.17, 15) is 13.2 Å². The van der Waals surface area contributed by atoms with E-state index in [0.717, 1.165) is 0 Å². The highest BCUT2D eigenvalue weighted by Gasteiger charge is 2.39. The molecule has 0 radical (unpaired) electrons. The summed E-state index contributed by atoms with van der Waals surface area (Å²) >= 11 is 0. The molecule has 1 saturated heterocycles. The summed E-state index contributed by atoms with van der Waals surface area (Å²) in [5.41, 5.74) is 6.73. The minimum Gasteiger partial charge on any atom is -0.465 e. The van der Waals surface area contributed by atoms with Crippen LogP contribution in [0.2, 0.25) is 0 Å². The van der Waals surface area contributed by atoms with Gasteiger partial charge in [-0.05, 0) is 36.5 Å². The maximum atomic E-state index is 12.9. The molecule has 1 aliphatic heterocycles. The Morgan fingerprint density at radius 2 is 2.00 bits per heavy atom. The molecule has 6 nitrogen and oxygen atoms in total. The first-order valence-electron chi connectivity index (χ1n) is 7.54. The number of aryl methyl sites for hydroxylation is 1. The predicted octanol–water partition coefficient (Wildman–Crippen LogP) is 1.95. The minimum absolute atomic E-state index is 0. The van der Waals surface area contributed by atoms with Crippen molar-refractivity contribution in [1.29, 1.82) is 0 Å². The second kappa shape index (κ2) is 7.39. The summed E-state index contributed by atoms with van der Waals surface area (Å²) in [6.07, 6.45) is 0.613. The van der Waals surface area contributed by atoms with E-state index >= 15 is 0 Å². The van der Waals surface area contributed by atoms with E-state index in [2.05, 4.69) is 0 Å². The first-order chi connectivity index (χ1) is 10.6. The molecule has 0 saturated carbocycles. The number of benzene rings is 1. The van der Waals surface area contributed by atoms with Gasteiger partial charge in [0.1, 0.15) is 0 Å². The van der Waals surface area contributed by atoms with Crippen molar-refractivity contribution in [3.8, 4) is 0 Å². The molecule has 0 bridgehead atoms. The van der Waals surface area contributed by atoms with Crippen LogP contribution >= 0.6 is 12.4 Å². The summed E-state index contributed by atoms with van der Waals surface area (Å²) in [4.78, 5) is 11.9. The molecule has 1 fully saturated rings. The van der Waals surface area contributed by atoms with Crippen LogP contribution in [0, 0.1) is 12.3 Å². The Bertz CT molecular complexity index is 719. The van der Waals surface area contributed by atoms with Gasteiger partial charge < -0.3 is 10.5 Å². The lowest BCUT2D eigenvalue weighted by Crippen LogP contribution is -2.53. The fourth-order valence-corrected chi connectivity index (χ4v) is 4.42. The lowest BCUT2D eigenvalue weighted by atomic mass is 9.81. The molecular weight excluding hydrogens is 352 g/mol. The number of ether oxygens (including phenoxy) is 1. The van der Waals surface area contributed by atoms with E-state index < -0.39 is 16.0 Å². The van der Waals surface area contributed by atoms with Gasteiger partial charge in [0.25, 0.3) is 0 Å². The zero-order valence-corrected chi connectivity index (χ0v) is 16.0. The van der Waals surface area contributed by atoms with Crippen molar-refractivity contribution in [2.45, 2.75) is 38.1 Å². The molecule has 1 heterocycles. The van der Waals surface area contributed by atoms with E-state index in [-0.39, 0.29) is 34.3 Å². The number of nitrogens with zero attached hydrogens (tertiary/aromatic N) is 1. The minimum atomic E-state index is -3.67. The van der Waals surface area contributed by atoms with Crippen molar-refractivity contribution >= 4 is 28.4 Å². The van der Waals surface area contributed by atoms with E-state index in [0.29, 0.717) is 25.1 Å². The molecule has 2 N–H and O–H groups in total. The number of hydrogen-bond acceptors (Lipinski definition) is 5. The van der Waals surface area contributed by atoms with E-state index in [1.54, 1.807) is 13.0 Å². The van der Waals surface area contributed by atoms with Gasteiger partial charge in [0, 0.05) is 19.1 Å². The number of hydrogen-bond donors (Lipinski definition) is 1. The Balaban J connectivity index is 0.00000288. The lowest BCUT2D eigenvalue weighted by molar-refractivity contribution is 0.0599. The van der Waals surface area contributed by atoms with E-state index in [1.165, 1.54) is 23.5 Å². The first-order valence-corrected chi connectivity index (χ1v) is 8.98. The lowest BCUT2D eigenvalue weighted by Gasteiger charge is -2.41. The topological polar surface area (TPSA) is 89.7 Å². The van der Waals surface area contributed by atoms with Crippen molar-refractivity contribution in [2.24, 2.45) is 11.1 Å². The fraction of sp³-hybridized carbons (Fsp3) is 0.562. The van der Waals surface area contributed by atoms with Crippen molar-refractivity contribution < 1.29 is 17.9 Å². The number of carbonyl (C=O) groups is 1. The van der Waals surface area contributed by atoms with Crippen LogP contribution in [0.5, 0.6) is 0 Å². The molecule has 0 spiro atoms. The zero-order valence-electron chi connectivity index (χ0n) is 14.4. The average molecular weight is 377 g/mol. The standard InChI is InChI=1S/C16H24N2O4S.ClH/c1-11-5-6-12(9-13(11)15(19)22-4)23(20,21)18-8-7-14(17)16(2,3)10-18;/h5-6,9,14H,7-8,10,17H2,1-4H3;1H. The summed E-state index contributed by atoms with van der Waals surface area (Å²) in [6.45, 7) is 6.42. The van der Waals surface area contributed by atoms with Crippen LogP contribution in [0.15, 0.2) is 23.1 Å².